The van der Waals surface area contributed by atoms with Gasteiger partial charge in [0.1, 0.15) is 0 Å². The van der Waals surface area contributed by atoms with Crippen molar-refractivity contribution in [3.63, 3.8) is 0 Å². The fourth-order valence-electron chi connectivity index (χ4n) is 3.22. The van der Waals surface area contributed by atoms with Crippen LogP contribution in [0.3, 0.4) is 0 Å². The van der Waals surface area contributed by atoms with E-state index in [9.17, 15) is 9.59 Å². The molecule has 140 valence electrons. The molecule has 0 bridgehead atoms. The third kappa shape index (κ3) is 6.57. The fourth-order valence-corrected chi connectivity index (χ4v) is 3.22. The maximum atomic E-state index is 12.3. The van der Waals surface area contributed by atoms with Crippen molar-refractivity contribution in [2.24, 2.45) is 5.92 Å². The number of piperidine rings is 1. The average Bonchev–Trinajstić information content (AvgIpc) is 3.08. The Morgan fingerprint density at radius 2 is 1.96 bits per heavy atom. The lowest BCUT2D eigenvalue weighted by molar-refractivity contribution is -0.137. The van der Waals surface area contributed by atoms with Crippen LogP contribution < -0.4 is 10.6 Å². The van der Waals surface area contributed by atoms with Gasteiger partial charge < -0.3 is 20.3 Å². The van der Waals surface area contributed by atoms with Crippen LogP contribution >= 0.6 is 12.4 Å². The van der Waals surface area contributed by atoms with Crippen LogP contribution in [0.15, 0.2) is 0 Å². The predicted octanol–water partition coefficient (Wildman–Crippen LogP) is 1.33. The molecule has 2 amide bonds. The predicted molar refractivity (Wildman–Crippen MR) is 96.3 cm³/mol. The molecule has 2 aliphatic rings. The minimum absolute atomic E-state index is 0. The molecule has 1 atom stereocenters. The summed E-state index contributed by atoms with van der Waals surface area (Å²) in [6.07, 6.45) is 4.64. The van der Waals surface area contributed by atoms with Gasteiger partial charge in [-0.25, -0.2) is 0 Å². The highest BCUT2D eigenvalue weighted by Gasteiger charge is 2.31. The van der Waals surface area contributed by atoms with Gasteiger partial charge in [-0.1, -0.05) is 0 Å². The van der Waals surface area contributed by atoms with E-state index in [-0.39, 0.29) is 42.3 Å². The highest BCUT2D eigenvalue weighted by atomic mass is 35.5. The molecule has 2 saturated heterocycles. The summed E-state index contributed by atoms with van der Waals surface area (Å²) in [5.74, 6) is 0.384. The van der Waals surface area contributed by atoms with Crippen molar-refractivity contribution in [2.75, 3.05) is 32.8 Å². The Kier molecular flexibility index (Phi) is 9.63. The van der Waals surface area contributed by atoms with Crippen molar-refractivity contribution in [1.82, 2.24) is 15.5 Å². The summed E-state index contributed by atoms with van der Waals surface area (Å²) in [6.45, 7) is 7.70. The standard InChI is InChI=1S/C17H31N3O3.ClH/c1-13(2)23-12-4-9-19-16(21)14-6-10-20(11-7-14)17(22)15-5-3-8-18-15;/h13-15,18H,3-12H2,1-2H3,(H,19,21);1H. The molecule has 6 nitrogen and oxygen atoms in total. The van der Waals surface area contributed by atoms with Gasteiger partial charge in [-0.3, -0.25) is 9.59 Å². The van der Waals surface area contributed by atoms with E-state index in [1.165, 1.54) is 0 Å². The third-order valence-corrected chi connectivity index (χ3v) is 4.61. The van der Waals surface area contributed by atoms with Gasteiger partial charge >= 0.3 is 0 Å². The second-order valence-electron chi connectivity index (χ2n) is 6.81. The molecule has 2 aliphatic heterocycles. The molecule has 0 aromatic rings. The van der Waals surface area contributed by atoms with Crippen LogP contribution in [-0.2, 0) is 14.3 Å². The fraction of sp³-hybridized carbons (Fsp3) is 0.882. The number of carbonyl (C=O) groups excluding carboxylic acids is 2. The highest BCUT2D eigenvalue weighted by molar-refractivity contribution is 5.85. The van der Waals surface area contributed by atoms with Gasteiger partial charge in [0, 0.05) is 32.2 Å². The van der Waals surface area contributed by atoms with E-state index in [2.05, 4.69) is 10.6 Å². The van der Waals surface area contributed by atoms with Gasteiger partial charge in [0.2, 0.25) is 11.8 Å². The molecule has 0 saturated carbocycles. The lowest BCUT2D eigenvalue weighted by Crippen LogP contribution is -2.48. The largest absolute Gasteiger partial charge is 0.379 e. The summed E-state index contributed by atoms with van der Waals surface area (Å²) in [6, 6.07) is 0.00123. The molecule has 0 aromatic carbocycles. The van der Waals surface area contributed by atoms with Crippen molar-refractivity contribution in [3.8, 4) is 0 Å². The summed E-state index contributed by atoms with van der Waals surface area (Å²) in [5, 5.41) is 6.24. The van der Waals surface area contributed by atoms with Gasteiger partial charge in [-0.05, 0) is 52.5 Å². The second kappa shape index (κ2) is 10.9. The number of nitrogens with one attached hydrogen (secondary N) is 2. The first-order chi connectivity index (χ1) is 11.1. The number of amides is 2. The van der Waals surface area contributed by atoms with Crippen LogP contribution in [-0.4, -0.2) is 61.6 Å². The Hall–Kier alpha value is -0.850. The molecule has 2 fully saturated rings. The summed E-state index contributed by atoms with van der Waals surface area (Å²) in [7, 11) is 0. The van der Waals surface area contributed by atoms with Crippen LogP contribution in [0.2, 0.25) is 0 Å². The van der Waals surface area contributed by atoms with Crippen molar-refractivity contribution < 1.29 is 14.3 Å². The maximum absolute atomic E-state index is 12.3. The molecular weight excluding hydrogens is 330 g/mol. The van der Waals surface area contributed by atoms with Crippen LogP contribution in [0.5, 0.6) is 0 Å². The van der Waals surface area contributed by atoms with Crippen molar-refractivity contribution in [2.45, 2.75) is 58.1 Å². The number of nitrogens with zero attached hydrogens (tertiary/aromatic N) is 1. The average molecular weight is 362 g/mol. The zero-order valence-corrected chi connectivity index (χ0v) is 15.7. The zero-order valence-electron chi connectivity index (χ0n) is 14.9. The number of hydrogen-bond acceptors (Lipinski definition) is 4. The summed E-state index contributed by atoms with van der Waals surface area (Å²) in [5.41, 5.74) is 0. The van der Waals surface area contributed by atoms with Gasteiger partial charge in [0.15, 0.2) is 0 Å². The molecule has 2 heterocycles. The number of carbonyl (C=O) groups is 2. The van der Waals surface area contributed by atoms with Gasteiger partial charge in [-0.2, -0.15) is 0 Å². The number of likely N-dealkylation sites (tertiary alicyclic amines) is 1. The van der Waals surface area contributed by atoms with E-state index in [1.54, 1.807) is 0 Å². The Bertz CT molecular complexity index is 393. The number of ether oxygens (including phenoxy) is 1. The number of rotatable bonds is 7. The first kappa shape index (κ1) is 21.2. The maximum Gasteiger partial charge on any atom is 0.239 e. The highest BCUT2D eigenvalue weighted by Crippen LogP contribution is 2.19. The summed E-state index contributed by atoms with van der Waals surface area (Å²) >= 11 is 0. The Morgan fingerprint density at radius 3 is 2.54 bits per heavy atom. The first-order valence-electron chi connectivity index (χ1n) is 8.99. The first-order valence-corrected chi connectivity index (χ1v) is 8.99. The quantitative estimate of drug-likeness (QED) is 0.671. The zero-order chi connectivity index (χ0) is 16.7. The van der Waals surface area contributed by atoms with E-state index >= 15 is 0 Å². The number of halogens is 1. The van der Waals surface area contributed by atoms with E-state index in [0.29, 0.717) is 26.2 Å². The smallest absolute Gasteiger partial charge is 0.239 e. The molecular formula is C17H32ClN3O3. The van der Waals surface area contributed by atoms with Crippen molar-refractivity contribution in [3.05, 3.63) is 0 Å². The molecule has 0 spiro atoms. The van der Waals surface area contributed by atoms with Crippen LogP contribution in [0.4, 0.5) is 0 Å². The Balaban J connectivity index is 0.00000288. The molecule has 1 unspecified atom stereocenters. The van der Waals surface area contributed by atoms with Gasteiger partial charge in [0.25, 0.3) is 0 Å². The molecule has 2 N–H and O–H groups in total. The minimum Gasteiger partial charge on any atom is -0.379 e. The Morgan fingerprint density at radius 1 is 1.25 bits per heavy atom. The van der Waals surface area contributed by atoms with Crippen molar-refractivity contribution in [1.29, 1.82) is 0 Å². The van der Waals surface area contributed by atoms with Crippen LogP contribution in [0.25, 0.3) is 0 Å². The molecule has 0 radical (unpaired) electrons. The lowest BCUT2D eigenvalue weighted by atomic mass is 9.95. The van der Waals surface area contributed by atoms with Crippen LogP contribution in [0.1, 0.15) is 46.0 Å². The van der Waals surface area contributed by atoms with Gasteiger partial charge in [0.05, 0.1) is 12.1 Å². The second-order valence-corrected chi connectivity index (χ2v) is 6.81. The van der Waals surface area contributed by atoms with E-state index in [0.717, 1.165) is 38.6 Å². The monoisotopic (exact) mass is 361 g/mol. The molecule has 0 aromatic heterocycles. The van der Waals surface area contributed by atoms with E-state index in [1.807, 2.05) is 18.7 Å². The van der Waals surface area contributed by atoms with E-state index < -0.39 is 0 Å². The molecule has 2 rings (SSSR count). The lowest BCUT2D eigenvalue weighted by Gasteiger charge is -2.33. The SMILES string of the molecule is CC(C)OCCCNC(=O)C1CCN(C(=O)C2CCCN2)CC1.Cl. The van der Waals surface area contributed by atoms with Crippen molar-refractivity contribution >= 4 is 24.2 Å². The van der Waals surface area contributed by atoms with E-state index in [4.69, 9.17) is 4.74 Å². The summed E-state index contributed by atoms with van der Waals surface area (Å²) < 4.78 is 5.46. The Labute approximate surface area is 151 Å². The number of hydrogen-bond donors (Lipinski definition) is 2. The minimum atomic E-state index is 0. The molecule has 7 heteroatoms. The summed E-state index contributed by atoms with van der Waals surface area (Å²) in [4.78, 5) is 26.4. The topological polar surface area (TPSA) is 70.7 Å². The van der Waals surface area contributed by atoms with Crippen LogP contribution in [0, 0.1) is 5.92 Å². The van der Waals surface area contributed by atoms with Gasteiger partial charge in [-0.15, -0.1) is 12.4 Å². The molecule has 0 aliphatic carbocycles. The third-order valence-electron chi connectivity index (χ3n) is 4.61. The normalized spacial score (nSPS) is 21.6. The molecule has 24 heavy (non-hydrogen) atoms.